The Kier molecular flexibility index (Phi) is 9.72. The van der Waals surface area contributed by atoms with Crippen LogP contribution in [0.2, 0.25) is 0 Å². The molecule has 1 aliphatic carbocycles. The average molecular weight is 332 g/mol. The third kappa shape index (κ3) is 3.94. The first-order valence-corrected chi connectivity index (χ1v) is 6.03. The zero-order valence-electron chi connectivity index (χ0n) is 10.9. The minimum absolute atomic E-state index is 0. The molecule has 114 valence electrons. The number of ketones is 2. The third-order valence-electron chi connectivity index (χ3n) is 2.64. The summed E-state index contributed by atoms with van der Waals surface area (Å²) in [6.45, 7) is 0. The Morgan fingerprint density at radius 3 is 1.90 bits per heavy atom. The molecule has 1 unspecified atom stereocenters. The van der Waals surface area contributed by atoms with Crippen molar-refractivity contribution in [2.75, 3.05) is 0 Å². The van der Waals surface area contributed by atoms with Crippen molar-refractivity contribution in [2.24, 2.45) is 0 Å². The zero-order chi connectivity index (χ0) is 12.8. The molecular weight excluding hydrogens is 319 g/mol. The monoisotopic (exact) mass is 332 g/mol. The van der Waals surface area contributed by atoms with Crippen LogP contribution in [0, 0.1) is 0 Å². The van der Waals surface area contributed by atoms with Crippen LogP contribution in [0.5, 0.6) is 0 Å². The fourth-order valence-corrected chi connectivity index (χ4v) is 2.37. The van der Waals surface area contributed by atoms with Gasteiger partial charge in [-0.15, -0.1) is 0 Å². The van der Waals surface area contributed by atoms with Gasteiger partial charge in [0.2, 0.25) is 10.7 Å². The molecule has 11 heteroatoms. The topological polar surface area (TPSA) is 206 Å². The maximum Gasteiger partial charge on any atom is 1.00 e. The quantitative estimate of drug-likeness (QED) is 0.391. The molecule has 1 atom stereocenters. The van der Waals surface area contributed by atoms with E-state index < -0.39 is 33.0 Å². The zero-order valence-corrected chi connectivity index (χ0v) is 13.7. The average Bonchev–Trinajstić information content (AvgIpc) is 2.25. The van der Waals surface area contributed by atoms with Gasteiger partial charge in [0.25, 0.3) is 0 Å². The van der Waals surface area contributed by atoms with Crippen LogP contribution in [-0.2, 0) is 10.1 Å². The second-order valence-electron chi connectivity index (χ2n) is 3.71. The molecule has 9 nitrogen and oxygen atoms in total. The van der Waals surface area contributed by atoms with Gasteiger partial charge in [-0.1, -0.05) is 24.3 Å². The molecule has 0 spiro atoms. The second-order valence-corrected chi connectivity index (χ2v) is 5.30. The van der Waals surface area contributed by atoms with Crippen LogP contribution in [0.15, 0.2) is 24.3 Å². The van der Waals surface area contributed by atoms with E-state index in [4.69, 9.17) is 0 Å². The third-order valence-corrected chi connectivity index (χ3v) is 3.80. The van der Waals surface area contributed by atoms with Gasteiger partial charge in [-0.3, -0.25) is 9.59 Å². The van der Waals surface area contributed by atoms with Crippen LogP contribution < -0.4 is 29.6 Å². The van der Waals surface area contributed by atoms with Crippen LogP contribution >= 0.6 is 0 Å². The summed E-state index contributed by atoms with van der Waals surface area (Å²) >= 11 is 0. The molecule has 7 N–H and O–H groups in total. The molecule has 1 aliphatic rings. The van der Waals surface area contributed by atoms with E-state index in [2.05, 4.69) is 0 Å². The van der Waals surface area contributed by atoms with Crippen molar-refractivity contribution in [1.29, 1.82) is 0 Å². The molecule has 0 aromatic heterocycles. The molecule has 0 radical (unpaired) electrons. The van der Waals surface area contributed by atoms with Gasteiger partial charge in [0, 0.05) is 11.1 Å². The van der Waals surface area contributed by atoms with E-state index in [-0.39, 0.29) is 57.1 Å². The van der Waals surface area contributed by atoms with Crippen LogP contribution in [0.4, 0.5) is 0 Å². The van der Waals surface area contributed by atoms with Gasteiger partial charge in [-0.25, -0.2) is 8.42 Å². The van der Waals surface area contributed by atoms with E-state index in [0.29, 0.717) is 0 Å². The van der Waals surface area contributed by atoms with Gasteiger partial charge >= 0.3 is 29.6 Å². The SMILES string of the molecule is O.O.O.O=C1CC(O)(S(=O)(=O)[O-])C(=O)c2ccccc21.[Na+]. The number of hydrogen-bond acceptors (Lipinski definition) is 6. The summed E-state index contributed by atoms with van der Waals surface area (Å²) < 4.78 is 32.7. The predicted molar refractivity (Wildman–Crippen MR) is 65.2 cm³/mol. The molecule has 2 rings (SSSR count). The molecule has 0 saturated carbocycles. The summed E-state index contributed by atoms with van der Waals surface area (Å²) in [7, 11) is -5.32. The molecule has 1 aromatic rings. The van der Waals surface area contributed by atoms with Crippen molar-refractivity contribution >= 4 is 21.7 Å². The summed E-state index contributed by atoms with van der Waals surface area (Å²) in [4.78, 5) is 20.1. The second kappa shape index (κ2) is 8.08. The van der Waals surface area contributed by atoms with Crippen molar-refractivity contribution < 1.29 is 73.7 Å². The van der Waals surface area contributed by atoms with Crippen molar-refractivity contribution in [3.8, 4) is 0 Å². The van der Waals surface area contributed by atoms with E-state index in [1.165, 1.54) is 24.3 Å². The number of fused-ring (bicyclic) bond motifs is 1. The number of aliphatic hydroxyl groups is 1. The number of Topliss-reactive ketones (excluding diaryl/α,β-unsaturated/α-hetero) is 2. The minimum Gasteiger partial charge on any atom is -0.745 e. The smallest absolute Gasteiger partial charge is 0.745 e. The Morgan fingerprint density at radius 2 is 1.48 bits per heavy atom. The van der Waals surface area contributed by atoms with E-state index >= 15 is 0 Å². The molecule has 0 heterocycles. The van der Waals surface area contributed by atoms with E-state index in [1.807, 2.05) is 0 Å². The first-order chi connectivity index (χ1) is 7.77. The van der Waals surface area contributed by atoms with Crippen LogP contribution in [0.3, 0.4) is 0 Å². The largest absolute Gasteiger partial charge is 1.00 e. The Labute approximate surface area is 141 Å². The standard InChI is InChI=1S/C10H8O6S.Na.3H2O/c11-8-5-10(13,17(14,15)16)9(12)7-4-2-1-3-6(7)8;;;;/h1-4,13H,5H2,(H,14,15,16);;3*1H2/q;+1;;;/p-1. The van der Waals surface area contributed by atoms with Gasteiger partial charge < -0.3 is 26.1 Å². The fourth-order valence-electron chi connectivity index (χ4n) is 1.73. The Balaban J connectivity index is -0.000000810. The molecule has 0 fully saturated rings. The molecular formula is C10H13NaO9S. The first kappa shape index (κ1) is 25.3. The van der Waals surface area contributed by atoms with Crippen LogP contribution in [0.25, 0.3) is 0 Å². The van der Waals surface area contributed by atoms with Crippen molar-refractivity contribution in [3.63, 3.8) is 0 Å². The summed E-state index contributed by atoms with van der Waals surface area (Å²) in [6, 6.07) is 5.45. The Hall–Kier alpha value is -0.690. The maximum absolute atomic E-state index is 11.7. The number of benzene rings is 1. The molecule has 1 aromatic carbocycles. The van der Waals surface area contributed by atoms with Gasteiger partial charge in [0.15, 0.2) is 5.78 Å². The Morgan fingerprint density at radius 1 is 1.05 bits per heavy atom. The molecule has 21 heavy (non-hydrogen) atoms. The van der Waals surface area contributed by atoms with E-state index in [1.54, 1.807) is 0 Å². The molecule has 0 amide bonds. The van der Waals surface area contributed by atoms with E-state index in [0.717, 1.165) is 0 Å². The summed E-state index contributed by atoms with van der Waals surface area (Å²) in [6.07, 6.45) is -1.03. The summed E-state index contributed by atoms with van der Waals surface area (Å²) in [5.74, 6) is -2.00. The van der Waals surface area contributed by atoms with Gasteiger partial charge in [-0.05, 0) is 0 Å². The summed E-state index contributed by atoms with van der Waals surface area (Å²) in [5, 5.41) is 9.62. The van der Waals surface area contributed by atoms with Crippen LogP contribution in [0.1, 0.15) is 27.1 Å². The Bertz CT molecular complexity index is 627. The fraction of sp³-hybridized carbons (Fsp3) is 0.200. The minimum atomic E-state index is -5.32. The molecule has 0 bridgehead atoms. The number of rotatable bonds is 1. The normalized spacial score (nSPS) is 19.9. The predicted octanol–water partition coefficient (Wildman–Crippen LogP) is -5.78. The van der Waals surface area contributed by atoms with Gasteiger partial charge in [-0.2, -0.15) is 0 Å². The van der Waals surface area contributed by atoms with E-state index in [9.17, 15) is 27.7 Å². The van der Waals surface area contributed by atoms with Crippen molar-refractivity contribution in [3.05, 3.63) is 35.4 Å². The number of hydrogen-bond donors (Lipinski definition) is 1. The van der Waals surface area contributed by atoms with Crippen molar-refractivity contribution in [2.45, 2.75) is 11.4 Å². The number of carbonyl (C=O) groups excluding carboxylic acids is 2. The van der Waals surface area contributed by atoms with Gasteiger partial charge in [0.1, 0.15) is 10.1 Å². The molecule has 0 saturated heterocycles. The maximum atomic E-state index is 11.7. The van der Waals surface area contributed by atoms with Crippen molar-refractivity contribution in [1.82, 2.24) is 0 Å². The first-order valence-electron chi connectivity index (χ1n) is 4.62. The number of carbonyl (C=O) groups is 2. The molecule has 0 aliphatic heterocycles. The summed E-state index contributed by atoms with van der Waals surface area (Å²) in [5.41, 5.74) is -0.225. The van der Waals surface area contributed by atoms with Gasteiger partial charge in [0.05, 0.1) is 6.42 Å². The van der Waals surface area contributed by atoms with Crippen LogP contribution in [-0.4, -0.2) is 51.0 Å².